The molecule has 0 aliphatic rings. The smallest absolute Gasteiger partial charge is 0.507 e. The van der Waals surface area contributed by atoms with Gasteiger partial charge in [0.1, 0.15) is 5.75 Å². The van der Waals surface area contributed by atoms with Crippen LogP contribution in [0.3, 0.4) is 0 Å². The average Bonchev–Trinajstić information content (AvgIpc) is 2.30. The standard InChI is InChI=1S/C13H11NOS.Cu/c15-12-7-3-1-5-10(12)9-14-11-6-2-4-8-13(11)16;/h1-9,15-16H;/q;+2. The van der Waals surface area contributed by atoms with Crippen LogP contribution in [-0.4, -0.2) is 11.3 Å². The van der Waals surface area contributed by atoms with Crippen LogP contribution in [0.1, 0.15) is 5.56 Å². The van der Waals surface area contributed by atoms with Crippen LogP contribution in [0, 0.1) is 0 Å². The first-order valence-electron chi connectivity index (χ1n) is 4.87. The molecule has 89 valence electrons. The molecule has 0 bridgehead atoms. The predicted molar refractivity (Wildman–Crippen MR) is 69.1 cm³/mol. The number of rotatable bonds is 2. The fourth-order valence-corrected chi connectivity index (χ4v) is 1.53. The first-order chi connectivity index (χ1) is 7.77. The Bertz CT molecular complexity index is 481. The summed E-state index contributed by atoms with van der Waals surface area (Å²) in [6, 6.07) is 14.6. The molecule has 0 aliphatic heterocycles. The van der Waals surface area contributed by atoms with Gasteiger partial charge in [-0.05, 0) is 24.3 Å². The van der Waals surface area contributed by atoms with Crippen molar-refractivity contribution in [2.45, 2.75) is 4.90 Å². The molecule has 1 N–H and O–H groups in total. The summed E-state index contributed by atoms with van der Waals surface area (Å²) in [5, 5.41) is 9.55. The average molecular weight is 293 g/mol. The molecule has 0 atom stereocenters. The topological polar surface area (TPSA) is 32.6 Å². The molecule has 4 heteroatoms. The van der Waals surface area contributed by atoms with E-state index in [0.717, 1.165) is 10.6 Å². The van der Waals surface area contributed by atoms with E-state index in [9.17, 15) is 5.11 Å². The van der Waals surface area contributed by atoms with Crippen LogP contribution in [0.5, 0.6) is 5.75 Å². The van der Waals surface area contributed by atoms with Crippen LogP contribution >= 0.6 is 12.6 Å². The minimum atomic E-state index is 0. The van der Waals surface area contributed by atoms with Crippen molar-refractivity contribution in [2.75, 3.05) is 0 Å². The molecule has 0 fully saturated rings. The third kappa shape index (κ3) is 3.63. The molecular weight excluding hydrogens is 282 g/mol. The van der Waals surface area contributed by atoms with E-state index in [0.29, 0.717) is 5.56 Å². The zero-order chi connectivity index (χ0) is 11.4. The summed E-state index contributed by atoms with van der Waals surface area (Å²) < 4.78 is 0. The number of aromatic hydroxyl groups is 1. The van der Waals surface area contributed by atoms with Gasteiger partial charge in [-0.2, -0.15) is 0 Å². The molecule has 0 unspecified atom stereocenters. The minimum Gasteiger partial charge on any atom is -0.507 e. The molecule has 0 saturated carbocycles. The summed E-state index contributed by atoms with van der Waals surface area (Å²) >= 11 is 4.29. The van der Waals surface area contributed by atoms with E-state index >= 15 is 0 Å². The van der Waals surface area contributed by atoms with E-state index in [1.807, 2.05) is 30.3 Å². The molecule has 2 nitrogen and oxygen atoms in total. The summed E-state index contributed by atoms with van der Waals surface area (Å²) in [6.07, 6.45) is 1.63. The Morgan fingerprint density at radius 1 is 1.00 bits per heavy atom. The van der Waals surface area contributed by atoms with Gasteiger partial charge in [0.25, 0.3) is 0 Å². The quantitative estimate of drug-likeness (QED) is 0.496. The maximum absolute atomic E-state index is 9.55. The Morgan fingerprint density at radius 3 is 2.35 bits per heavy atom. The first kappa shape index (κ1) is 13.8. The van der Waals surface area contributed by atoms with Gasteiger partial charge in [0.05, 0.1) is 5.69 Å². The number of aliphatic imine (C=N–C) groups is 1. The maximum Gasteiger partial charge on any atom is 2.00 e. The maximum atomic E-state index is 9.55. The van der Waals surface area contributed by atoms with Gasteiger partial charge in [-0.25, -0.2) is 0 Å². The van der Waals surface area contributed by atoms with Crippen molar-refractivity contribution in [1.82, 2.24) is 0 Å². The van der Waals surface area contributed by atoms with Crippen LogP contribution < -0.4 is 0 Å². The number of benzene rings is 2. The van der Waals surface area contributed by atoms with E-state index in [-0.39, 0.29) is 22.8 Å². The fraction of sp³-hybridized carbons (Fsp3) is 0. The molecule has 2 aromatic carbocycles. The molecule has 0 saturated heterocycles. The second kappa shape index (κ2) is 6.50. The zero-order valence-corrected chi connectivity index (χ0v) is 10.7. The van der Waals surface area contributed by atoms with E-state index < -0.39 is 0 Å². The van der Waals surface area contributed by atoms with Gasteiger partial charge in [-0.15, -0.1) is 12.6 Å². The molecule has 2 aromatic rings. The largest absolute Gasteiger partial charge is 2.00 e. The van der Waals surface area contributed by atoms with Crippen LogP contribution in [0.25, 0.3) is 0 Å². The van der Waals surface area contributed by atoms with Gasteiger partial charge >= 0.3 is 17.1 Å². The van der Waals surface area contributed by atoms with Gasteiger partial charge in [0.2, 0.25) is 0 Å². The molecule has 2 rings (SSSR count). The van der Waals surface area contributed by atoms with Gasteiger partial charge in [-0.3, -0.25) is 4.99 Å². The summed E-state index contributed by atoms with van der Waals surface area (Å²) in [4.78, 5) is 5.09. The monoisotopic (exact) mass is 292 g/mol. The molecule has 0 amide bonds. The van der Waals surface area contributed by atoms with E-state index in [1.165, 1.54) is 0 Å². The Hall–Kier alpha value is -1.22. The number of thiol groups is 1. The van der Waals surface area contributed by atoms with E-state index in [4.69, 9.17) is 0 Å². The number of phenols is 1. The minimum absolute atomic E-state index is 0. The molecule has 0 heterocycles. The third-order valence-electron chi connectivity index (χ3n) is 2.16. The van der Waals surface area contributed by atoms with Crippen molar-refractivity contribution in [3.8, 4) is 5.75 Å². The van der Waals surface area contributed by atoms with E-state index in [1.54, 1.807) is 24.4 Å². The molecular formula is C13H11CuNOS+2. The molecule has 0 aromatic heterocycles. The first-order valence-corrected chi connectivity index (χ1v) is 5.32. The number of para-hydroxylation sites is 2. The molecule has 17 heavy (non-hydrogen) atoms. The molecule has 0 aliphatic carbocycles. The summed E-state index contributed by atoms with van der Waals surface area (Å²) in [5.41, 5.74) is 1.48. The second-order valence-corrected chi connectivity index (χ2v) is 3.79. The van der Waals surface area contributed by atoms with Gasteiger partial charge in [0, 0.05) is 16.7 Å². The van der Waals surface area contributed by atoms with Crippen molar-refractivity contribution in [3.05, 3.63) is 54.1 Å². The van der Waals surface area contributed by atoms with Crippen LogP contribution in [-0.2, 0) is 17.1 Å². The van der Waals surface area contributed by atoms with Crippen LogP contribution in [0.2, 0.25) is 0 Å². The van der Waals surface area contributed by atoms with Crippen LogP contribution in [0.15, 0.2) is 58.4 Å². The summed E-state index contributed by atoms with van der Waals surface area (Å²) in [7, 11) is 0. The summed E-state index contributed by atoms with van der Waals surface area (Å²) in [5.74, 6) is 0.225. The molecule has 1 radical (unpaired) electrons. The number of hydrogen-bond acceptors (Lipinski definition) is 3. The van der Waals surface area contributed by atoms with Gasteiger partial charge < -0.3 is 5.11 Å². The Morgan fingerprint density at radius 2 is 1.65 bits per heavy atom. The second-order valence-electron chi connectivity index (χ2n) is 3.31. The Kier molecular flexibility index (Phi) is 5.29. The third-order valence-corrected chi connectivity index (χ3v) is 2.54. The van der Waals surface area contributed by atoms with Crippen LogP contribution in [0.4, 0.5) is 5.69 Å². The Balaban J connectivity index is 0.00000144. The predicted octanol–water partition coefficient (Wildman–Crippen LogP) is 3.43. The molecule has 0 spiro atoms. The van der Waals surface area contributed by atoms with Crippen molar-refractivity contribution in [3.63, 3.8) is 0 Å². The number of phenolic OH excluding ortho intramolecular Hbond substituents is 1. The fourth-order valence-electron chi connectivity index (χ4n) is 1.31. The summed E-state index contributed by atoms with van der Waals surface area (Å²) in [6.45, 7) is 0. The normalized spacial score (nSPS) is 10.2. The Labute approximate surface area is 116 Å². The number of hydrogen-bond donors (Lipinski definition) is 2. The zero-order valence-electron chi connectivity index (χ0n) is 8.84. The van der Waals surface area contributed by atoms with Gasteiger partial charge in [-0.1, -0.05) is 24.3 Å². The van der Waals surface area contributed by atoms with Crippen molar-refractivity contribution in [2.24, 2.45) is 4.99 Å². The van der Waals surface area contributed by atoms with Crippen molar-refractivity contribution in [1.29, 1.82) is 0 Å². The van der Waals surface area contributed by atoms with Gasteiger partial charge in [0.15, 0.2) is 0 Å². The van der Waals surface area contributed by atoms with E-state index in [2.05, 4.69) is 17.6 Å². The number of nitrogens with zero attached hydrogens (tertiary/aromatic N) is 1. The SMILES string of the molecule is Oc1ccccc1C=Nc1ccccc1S.[Cu+2]. The van der Waals surface area contributed by atoms with Crippen molar-refractivity contribution < 1.29 is 22.2 Å². The van der Waals surface area contributed by atoms with Crippen molar-refractivity contribution >= 4 is 24.5 Å².